The summed E-state index contributed by atoms with van der Waals surface area (Å²) in [5.41, 5.74) is 0. The Morgan fingerprint density at radius 3 is 0.848 bits per heavy atom. The molecule has 3 nitrogen and oxygen atoms in total. The van der Waals surface area contributed by atoms with Crippen molar-refractivity contribution in [2.75, 3.05) is 0 Å². The van der Waals surface area contributed by atoms with Crippen molar-refractivity contribution in [2.24, 2.45) is 0 Å². The van der Waals surface area contributed by atoms with Crippen molar-refractivity contribution in [3.05, 3.63) is 0 Å². The summed E-state index contributed by atoms with van der Waals surface area (Å²) in [6.07, 6.45) is 28.6. The molecule has 33 heavy (non-hydrogen) atoms. The van der Waals surface area contributed by atoms with Gasteiger partial charge in [0.05, 0.1) is 0 Å². The van der Waals surface area contributed by atoms with Crippen LogP contribution in [0.2, 0.25) is 0 Å². The molecule has 0 heterocycles. The standard InChI is InChI=1S/C28H54O3.2Co/c1-3-5-7-9-11-12-13-14-15-16-17-18-20-22-24-26-28(30)31-27(29)25-23-21-19-10-8-6-4-2;;/h3-26H2,1-2H3;;. The summed E-state index contributed by atoms with van der Waals surface area (Å²) in [5.74, 6) is -0.665. The van der Waals surface area contributed by atoms with Gasteiger partial charge in [0.1, 0.15) is 0 Å². The van der Waals surface area contributed by atoms with Crippen LogP contribution in [0.1, 0.15) is 168 Å². The van der Waals surface area contributed by atoms with Crippen LogP contribution in [0.4, 0.5) is 0 Å². The smallest absolute Gasteiger partial charge is 0.313 e. The predicted molar refractivity (Wildman–Crippen MR) is 133 cm³/mol. The molecule has 0 bridgehead atoms. The minimum atomic E-state index is -0.334. The molecule has 5 heteroatoms. The van der Waals surface area contributed by atoms with Crippen molar-refractivity contribution in [1.29, 1.82) is 0 Å². The number of ether oxygens (including phenoxy) is 1. The number of carbonyl (C=O) groups excluding carboxylic acids is 2. The van der Waals surface area contributed by atoms with Gasteiger partial charge in [-0.15, -0.1) is 0 Å². The van der Waals surface area contributed by atoms with E-state index in [-0.39, 0.29) is 45.5 Å². The van der Waals surface area contributed by atoms with Gasteiger partial charge in [0, 0.05) is 46.4 Å². The largest absolute Gasteiger partial charge is 0.393 e. The zero-order chi connectivity index (χ0) is 22.8. The van der Waals surface area contributed by atoms with Crippen LogP contribution in [0, 0.1) is 0 Å². The maximum absolute atomic E-state index is 11.8. The molecule has 0 N–H and O–H groups in total. The SMILES string of the molecule is CCCCCCCCCCCCCCCCCC(=O)OC(=O)CCCCCCCCC.[Co].[Co]. The van der Waals surface area contributed by atoms with Crippen LogP contribution >= 0.6 is 0 Å². The predicted octanol–water partition coefficient (Wildman–Crippen LogP) is 9.45. The van der Waals surface area contributed by atoms with Crippen LogP contribution < -0.4 is 0 Å². The second-order valence-electron chi connectivity index (χ2n) is 9.42. The maximum atomic E-state index is 11.8. The Labute approximate surface area is 227 Å². The second kappa shape index (κ2) is 32.2. The minimum absolute atomic E-state index is 0. The average molecular weight is 557 g/mol. The maximum Gasteiger partial charge on any atom is 0.313 e. The molecule has 0 aliphatic carbocycles. The molecule has 0 aromatic carbocycles. The van der Waals surface area contributed by atoms with Crippen LogP contribution in [0.15, 0.2) is 0 Å². The van der Waals surface area contributed by atoms with E-state index in [1.54, 1.807) is 0 Å². The van der Waals surface area contributed by atoms with Gasteiger partial charge in [-0.2, -0.15) is 0 Å². The Morgan fingerprint density at radius 2 is 0.606 bits per heavy atom. The summed E-state index contributed by atoms with van der Waals surface area (Å²) in [4.78, 5) is 23.5. The number of esters is 2. The van der Waals surface area contributed by atoms with Gasteiger partial charge < -0.3 is 4.74 Å². The van der Waals surface area contributed by atoms with E-state index in [1.165, 1.54) is 116 Å². The van der Waals surface area contributed by atoms with E-state index < -0.39 is 0 Å². The fraction of sp³-hybridized carbons (Fsp3) is 0.929. The first-order chi connectivity index (χ1) is 15.2. The molecule has 2 radical (unpaired) electrons. The van der Waals surface area contributed by atoms with Gasteiger partial charge in [-0.1, -0.05) is 142 Å². The quantitative estimate of drug-likeness (QED) is 0.0676. The third-order valence-electron chi connectivity index (χ3n) is 6.20. The molecule has 0 aliphatic heterocycles. The first kappa shape index (κ1) is 37.7. The Bertz CT molecular complexity index is 403. The summed E-state index contributed by atoms with van der Waals surface area (Å²) in [7, 11) is 0. The van der Waals surface area contributed by atoms with Crippen molar-refractivity contribution in [2.45, 2.75) is 168 Å². The molecule has 0 aromatic heterocycles. The van der Waals surface area contributed by atoms with E-state index in [0.29, 0.717) is 12.8 Å². The van der Waals surface area contributed by atoms with Crippen molar-refractivity contribution >= 4 is 11.9 Å². The molecule has 0 saturated heterocycles. The Kier molecular flexibility index (Phi) is 36.7. The van der Waals surface area contributed by atoms with Crippen LogP contribution in [0.5, 0.6) is 0 Å². The van der Waals surface area contributed by atoms with E-state index in [2.05, 4.69) is 13.8 Å². The van der Waals surface area contributed by atoms with Gasteiger partial charge in [0.25, 0.3) is 0 Å². The number of unbranched alkanes of at least 4 members (excludes halogenated alkanes) is 20. The van der Waals surface area contributed by atoms with Crippen molar-refractivity contribution in [3.63, 3.8) is 0 Å². The van der Waals surface area contributed by atoms with Gasteiger partial charge in [-0.3, -0.25) is 9.59 Å². The number of rotatable bonds is 24. The molecule has 0 aromatic rings. The van der Waals surface area contributed by atoms with Crippen molar-refractivity contribution in [3.8, 4) is 0 Å². The first-order valence-electron chi connectivity index (χ1n) is 13.9. The van der Waals surface area contributed by atoms with E-state index in [1.807, 2.05) is 0 Å². The van der Waals surface area contributed by atoms with Gasteiger partial charge in [-0.05, 0) is 12.8 Å². The molecule has 0 unspecified atom stereocenters. The fourth-order valence-corrected chi connectivity index (χ4v) is 4.10. The number of hydrogen-bond donors (Lipinski definition) is 0. The van der Waals surface area contributed by atoms with Gasteiger partial charge in [0.15, 0.2) is 0 Å². The normalized spacial score (nSPS) is 10.4. The molecule has 0 aliphatic rings. The van der Waals surface area contributed by atoms with E-state index in [0.717, 1.165) is 25.7 Å². The van der Waals surface area contributed by atoms with Crippen LogP contribution in [0.3, 0.4) is 0 Å². The molecule has 0 saturated carbocycles. The molecule has 0 spiro atoms. The molecule has 0 atom stereocenters. The van der Waals surface area contributed by atoms with E-state index in [4.69, 9.17) is 4.74 Å². The Morgan fingerprint density at radius 1 is 0.394 bits per heavy atom. The summed E-state index contributed by atoms with van der Waals surface area (Å²) >= 11 is 0. The summed E-state index contributed by atoms with van der Waals surface area (Å²) < 4.78 is 4.94. The topological polar surface area (TPSA) is 43.4 Å². The third-order valence-corrected chi connectivity index (χ3v) is 6.20. The number of carbonyl (C=O) groups is 2. The van der Waals surface area contributed by atoms with Crippen molar-refractivity contribution in [1.82, 2.24) is 0 Å². The van der Waals surface area contributed by atoms with Crippen molar-refractivity contribution < 1.29 is 47.9 Å². The summed E-state index contributed by atoms with van der Waals surface area (Å²) in [6.45, 7) is 4.49. The summed E-state index contributed by atoms with van der Waals surface area (Å²) in [5, 5.41) is 0. The van der Waals surface area contributed by atoms with E-state index in [9.17, 15) is 9.59 Å². The summed E-state index contributed by atoms with van der Waals surface area (Å²) in [6, 6.07) is 0. The van der Waals surface area contributed by atoms with Crippen LogP contribution in [-0.2, 0) is 47.9 Å². The van der Waals surface area contributed by atoms with Gasteiger partial charge in [-0.25, -0.2) is 0 Å². The monoisotopic (exact) mass is 556 g/mol. The molecule has 202 valence electrons. The van der Waals surface area contributed by atoms with E-state index >= 15 is 0 Å². The molecule has 0 amide bonds. The molecule has 0 rings (SSSR count). The molecular formula is C28H54Co2O3. The number of hydrogen-bond acceptors (Lipinski definition) is 3. The average Bonchev–Trinajstić information content (AvgIpc) is 2.75. The van der Waals surface area contributed by atoms with Gasteiger partial charge >= 0.3 is 11.9 Å². The Hall–Kier alpha value is 0.153. The zero-order valence-corrected chi connectivity index (χ0v) is 23.9. The third kappa shape index (κ3) is 32.2. The zero-order valence-electron chi connectivity index (χ0n) is 21.9. The fourth-order valence-electron chi connectivity index (χ4n) is 4.10. The minimum Gasteiger partial charge on any atom is -0.393 e. The molecule has 0 fully saturated rings. The van der Waals surface area contributed by atoms with Crippen LogP contribution in [-0.4, -0.2) is 11.9 Å². The molecular weight excluding hydrogens is 502 g/mol. The Balaban J connectivity index is -0.00000450. The van der Waals surface area contributed by atoms with Gasteiger partial charge in [0.2, 0.25) is 0 Å². The van der Waals surface area contributed by atoms with Crippen LogP contribution in [0.25, 0.3) is 0 Å². The first-order valence-corrected chi connectivity index (χ1v) is 13.9. The second-order valence-corrected chi connectivity index (χ2v) is 9.42.